The minimum absolute atomic E-state index is 0.00150. The molecule has 1 aromatic heterocycles. The van der Waals surface area contributed by atoms with Crippen molar-refractivity contribution in [2.24, 2.45) is 5.92 Å². The van der Waals surface area contributed by atoms with Gasteiger partial charge in [0.1, 0.15) is 34.6 Å². The number of β-lactam (4-membered cyclic amide) rings is 1. The zero-order valence-corrected chi connectivity index (χ0v) is 29.7. The van der Waals surface area contributed by atoms with Gasteiger partial charge in [-0.2, -0.15) is 0 Å². The molecule has 11 heteroatoms. The van der Waals surface area contributed by atoms with Gasteiger partial charge in [-0.15, -0.1) is 34.9 Å². The van der Waals surface area contributed by atoms with Crippen LogP contribution in [-0.2, 0) is 27.2 Å². The number of carbonyl (C=O) groups is 3. The molecule has 1 fully saturated rings. The third-order valence-electron chi connectivity index (χ3n) is 9.02. The fraction of sp³-hybridized carbons (Fsp3) is 0.472. The molecule has 3 aliphatic rings. The molecule has 8 nitrogen and oxygen atoms in total. The average molecular weight is 697 g/mol. The van der Waals surface area contributed by atoms with Gasteiger partial charge >= 0.3 is 5.97 Å². The van der Waals surface area contributed by atoms with Crippen molar-refractivity contribution in [3.63, 3.8) is 0 Å². The number of hydrogen-bond acceptors (Lipinski definition) is 8. The molecule has 0 saturated carbocycles. The Morgan fingerprint density at radius 2 is 2.06 bits per heavy atom. The molecule has 0 radical (unpaired) electrons. The van der Waals surface area contributed by atoms with Crippen molar-refractivity contribution < 1.29 is 29.3 Å². The molecule has 5 rings (SSSR count). The second kappa shape index (κ2) is 15.8. The van der Waals surface area contributed by atoms with Gasteiger partial charge in [-0.05, 0) is 80.2 Å². The first-order valence-electron chi connectivity index (χ1n) is 16.2. The Balaban J connectivity index is 1.28. The Kier molecular flexibility index (Phi) is 11.8. The number of carboxylic acids is 1. The van der Waals surface area contributed by atoms with Crippen LogP contribution in [0.3, 0.4) is 0 Å². The third-order valence-corrected chi connectivity index (χ3v) is 12.1. The number of ether oxygens (including phenoxy) is 1. The SMILES string of the molecule is C=C(C)[C@@H]1CCC(C)=C[C@H]1c1c(O)cc(CCCCC)cc1OCSCC1=C(C(=O)O)N2C(=O)[C@@H](NC(=O)Cc3cccs3)[C@H]2SC1. The highest BCUT2D eigenvalue weighted by atomic mass is 32.2. The summed E-state index contributed by atoms with van der Waals surface area (Å²) in [4.78, 5) is 40.2. The van der Waals surface area contributed by atoms with Crippen molar-refractivity contribution >= 4 is 52.6 Å². The lowest BCUT2D eigenvalue weighted by Crippen LogP contribution is -2.70. The van der Waals surface area contributed by atoms with Gasteiger partial charge in [-0.1, -0.05) is 49.6 Å². The van der Waals surface area contributed by atoms with Crippen LogP contribution in [0.2, 0.25) is 0 Å². The summed E-state index contributed by atoms with van der Waals surface area (Å²) in [5.74, 6) is 0.282. The topological polar surface area (TPSA) is 116 Å². The number of nitrogens with zero attached hydrogens (tertiary/aromatic N) is 1. The lowest BCUT2D eigenvalue weighted by Gasteiger charge is -2.49. The molecule has 1 aromatic carbocycles. The van der Waals surface area contributed by atoms with E-state index in [1.807, 2.05) is 36.6 Å². The standard InChI is InChI=1S/C36H44N2O6S3/c1-5-6-7-9-23-15-28(39)31(27-14-22(4)11-12-26(27)21(2)3)29(16-23)44-20-45-18-24-19-47-35-32(34(41)38(35)33(24)36(42)43)37-30(40)17-25-10-8-13-46-25/h8,10,13-16,26-27,32,35,39H,2,5-7,9,11-12,17-20H2,1,3-4H3,(H,37,40)(H,42,43)/t26-,27+,32+,35+/m0/s1. The molecular weight excluding hydrogens is 653 g/mol. The number of thiophene rings is 1. The minimum Gasteiger partial charge on any atom is -0.507 e. The number of aromatic hydroxyl groups is 1. The molecule has 3 heterocycles. The average Bonchev–Trinajstić information content (AvgIpc) is 3.54. The van der Waals surface area contributed by atoms with Gasteiger partial charge in [0.05, 0.1) is 6.42 Å². The number of nitrogens with one attached hydrogen (secondary N) is 1. The van der Waals surface area contributed by atoms with Crippen molar-refractivity contribution in [3.8, 4) is 11.5 Å². The number of carbonyl (C=O) groups excluding carboxylic acids is 2. The van der Waals surface area contributed by atoms with E-state index in [9.17, 15) is 24.6 Å². The van der Waals surface area contributed by atoms with Crippen LogP contribution in [0.1, 0.15) is 74.8 Å². The first-order chi connectivity index (χ1) is 22.6. The number of allylic oxidation sites excluding steroid dienone is 3. The van der Waals surface area contributed by atoms with E-state index in [2.05, 4.69) is 31.8 Å². The summed E-state index contributed by atoms with van der Waals surface area (Å²) in [5, 5.41) is 25.7. The van der Waals surface area contributed by atoms with Crippen LogP contribution < -0.4 is 10.1 Å². The van der Waals surface area contributed by atoms with E-state index in [-0.39, 0.29) is 41.5 Å². The van der Waals surface area contributed by atoms with E-state index in [1.54, 1.807) is 0 Å². The number of unbranched alkanes of at least 4 members (excludes halogenated alkanes) is 2. The molecule has 47 heavy (non-hydrogen) atoms. The van der Waals surface area contributed by atoms with Gasteiger partial charge in [0.2, 0.25) is 5.91 Å². The van der Waals surface area contributed by atoms with Gasteiger partial charge in [0, 0.05) is 27.9 Å². The van der Waals surface area contributed by atoms with E-state index >= 15 is 0 Å². The molecule has 3 N–H and O–H groups in total. The number of hydrogen-bond donors (Lipinski definition) is 3. The van der Waals surface area contributed by atoms with Gasteiger partial charge in [-0.25, -0.2) is 4.79 Å². The molecule has 4 atom stereocenters. The highest BCUT2D eigenvalue weighted by molar-refractivity contribution is 8.01. The highest BCUT2D eigenvalue weighted by Gasteiger charge is 2.54. The first kappa shape index (κ1) is 35.2. The maximum Gasteiger partial charge on any atom is 0.352 e. The third kappa shape index (κ3) is 8.12. The van der Waals surface area contributed by atoms with Crippen molar-refractivity contribution in [2.75, 3.05) is 17.4 Å². The zero-order valence-electron chi connectivity index (χ0n) is 27.3. The van der Waals surface area contributed by atoms with E-state index in [0.717, 1.165) is 60.1 Å². The van der Waals surface area contributed by atoms with Crippen LogP contribution >= 0.6 is 34.9 Å². The van der Waals surface area contributed by atoms with E-state index < -0.39 is 23.3 Å². The molecule has 0 bridgehead atoms. The molecule has 1 saturated heterocycles. The van der Waals surface area contributed by atoms with Crippen LogP contribution in [0.5, 0.6) is 11.5 Å². The molecule has 2 aliphatic heterocycles. The largest absolute Gasteiger partial charge is 0.507 e. The molecule has 2 aromatic rings. The summed E-state index contributed by atoms with van der Waals surface area (Å²) in [6, 6.07) is 6.93. The molecule has 0 spiro atoms. The number of phenolic OH excluding ortho intramolecular Hbond substituents is 1. The Bertz CT molecular complexity index is 1570. The normalized spacial score (nSPS) is 22.3. The quantitative estimate of drug-likeness (QED) is 0.0772. The Labute approximate surface area is 289 Å². The Morgan fingerprint density at radius 1 is 1.26 bits per heavy atom. The van der Waals surface area contributed by atoms with Crippen molar-refractivity contribution in [2.45, 2.75) is 83.1 Å². The fourth-order valence-electron chi connectivity index (χ4n) is 6.61. The maximum atomic E-state index is 13.1. The van der Waals surface area contributed by atoms with Crippen LogP contribution in [0, 0.1) is 5.92 Å². The number of rotatable bonds is 15. The molecular formula is C36H44N2O6S3. The second-order valence-corrected chi connectivity index (χ2v) is 15.7. The van der Waals surface area contributed by atoms with Crippen LogP contribution in [0.15, 0.2) is 64.7 Å². The number of phenols is 1. The smallest absolute Gasteiger partial charge is 0.352 e. The number of fused-ring (bicyclic) bond motifs is 1. The molecule has 252 valence electrons. The predicted molar refractivity (Wildman–Crippen MR) is 191 cm³/mol. The van der Waals surface area contributed by atoms with Gasteiger partial charge in [0.25, 0.3) is 5.91 Å². The lowest BCUT2D eigenvalue weighted by molar-refractivity contribution is -0.150. The number of benzene rings is 1. The minimum atomic E-state index is -1.15. The van der Waals surface area contributed by atoms with E-state index in [0.29, 0.717) is 22.8 Å². The lowest BCUT2D eigenvalue weighted by atomic mass is 9.73. The summed E-state index contributed by atoms with van der Waals surface area (Å²) in [7, 11) is 0. The van der Waals surface area contributed by atoms with E-state index in [1.165, 1.54) is 45.3 Å². The summed E-state index contributed by atoms with van der Waals surface area (Å²) in [5.41, 5.74) is 4.81. The van der Waals surface area contributed by atoms with Crippen molar-refractivity contribution in [3.05, 3.63) is 80.7 Å². The molecule has 1 aliphatic carbocycles. The summed E-state index contributed by atoms with van der Waals surface area (Å²) in [6.45, 7) is 10.6. The summed E-state index contributed by atoms with van der Waals surface area (Å²) < 4.78 is 6.40. The van der Waals surface area contributed by atoms with Crippen LogP contribution in [0.25, 0.3) is 0 Å². The molecule has 2 amide bonds. The Hall–Kier alpha value is -3.15. The van der Waals surface area contributed by atoms with E-state index in [4.69, 9.17) is 4.74 Å². The highest BCUT2D eigenvalue weighted by Crippen LogP contribution is 2.47. The number of amides is 2. The number of thioether (sulfide) groups is 2. The fourth-order valence-corrected chi connectivity index (χ4v) is 9.57. The van der Waals surface area contributed by atoms with Crippen LogP contribution in [0.4, 0.5) is 0 Å². The summed E-state index contributed by atoms with van der Waals surface area (Å²) >= 11 is 4.38. The Morgan fingerprint density at radius 3 is 2.77 bits per heavy atom. The van der Waals surface area contributed by atoms with Crippen molar-refractivity contribution in [1.82, 2.24) is 10.2 Å². The zero-order chi connectivity index (χ0) is 33.7. The number of aryl methyl sites for hydroxylation is 1. The second-order valence-electron chi connectivity index (χ2n) is 12.6. The van der Waals surface area contributed by atoms with Gasteiger partial charge in [-0.3, -0.25) is 14.5 Å². The van der Waals surface area contributed by atoms with Crippen molar-refractivity contribution in [1.29, 1.82) is 0 Å². The number of carboxylic acid groups (broad SMARTS) is 1. The predicted octanol–water partition coefficient (Wildman–Crippen LogP) is 7.25. The number of aliphatic carboxylic acids is 1. The maximum absolute atomic E-state index is 13.1. The van der Waals surface area contributed by atoms with Gasteiger partial charge in [0.15, 0.2) is 0 Å². The first-order valence-corrected chi connectivity index (χ1v) is 19.3. The van der Waals surface area contributed by atoms with Gasteiger partial charge < -0.3 is 20.3 Å². The van der Waals surface area contributed by atoms with Crippen LogP contribution in [-0.4, -0.2) is 61.8 Å². The molecule has 0 unspecified atom stereocenters. The summed E-state index contributed by atoms with van der Waals surface area (Å²) in [6.07, 6.45) is 8.48. The monoisotopic (exact) mass is 696 g/mol.